The predicted octanol–water partition coefficient (Wildman–Crippen LogP) is 2.37. The van der Waals surface area contributed by atoms with Gasteiger partial charge in [-0.25, -0.2) is 0 Å². The van der Waals surface area contributed by atoms with Crippen LogP contribution in [0.4, 0.5) is 0 Å². The van der Waals surface area contributed by atoms with Crippen LogP contribution in [0, 0.1) is 5.41 Å². The minimum Gasteiger partial charge on any atom is -0.342 e. The first-order valence-electron chi connectivity index (χ1n) is 7.18. The fraction of sp³-hybridized carbons (Fsp3) is 0.667. The Kier molecular flexibility index (Phi) is 3.39. The van der Waals surface area contributed by atoms with Crippen molar-refractivity contribution in [2.75, 3.05) is 19.6 Å². The summed E-state index contributed by atoms with van der Waals surface area (Å²) in [5, 5.41) is 2.13. The molecule has 1 aliphatic heterocycles. The van der Waals surface area contributed by atoms with Gasteiger partial charge in [0.1, 0.15) is 0 Å². The highest BCUT2D eigenvalue weighted by Crippen LogP contribution is 2.38. The number of nitrogens with zero attached hydrogens (tertiary/aromatic N) is 1. The Hall–Kier alpha value is -0.870. The summed E-state index contributed by atoms with van der Waals surface area (Å²) in [6.45, 7) is 4.57. The SMILES string of the molecule is CC1(CN)CCN(C(=O)C2CCCc3sccc32)C1. The van der Waals surface area contributed by atoms with Crippen LogP contribution in [-0.4, -0.2) is 30.4 Å². The van der Waals surface area contributed by atoms with E-state index in [2.05, 4.69) is 18.4 Å². The van der Waals surface area contributed by atoms with Gasteiger partial charge < -0.3 is 10.6 Å². The summed E-state index contributed by atoms with van der Waals surface area (Å²) >= 11 is 1.80. The third-order valence-electron chi connectivity index (χ3n) is 4.71. The molecule has 3 rings (SSSR count). The Morgan fingerprint density at radius 2 is 2.47 bits per heavy atom. The smallest absolute Gasteiger partial charge is 0.230 e. The van der Waals surface area contributed by atoms with Gasteiger partial charge in [-0.3, -0.25) is 4.79 Å². The number of carbonyl (C=O) groups is 1. The van der Waals surface area contributed by atoms with Crippen molar-refractivity contribution < 1.29 is 4.79 Å². The van der Waals surface area contributed by atoms with Crippen LogP contribution in [0.3, 0.4) is 0 Å². The van der Waals surface area contributed by atoms with Gasteiger partial charge in [-0.15, -0.1) is 11.3 Å². The normalized spacial score (nSPS) is 30.4. The van der Waals surface area contributed by atoms with Crippen LogP contribution in [0.15, 0.2) is 11.4 Å². The fourth-order valence-electron chi connectivity index (χ4n) is 3.34. The number of carbonyl (C=O) groups excluding carboxylic acids is 1. The summed E-state index contributed by atoms with van der Waals surface area (Å²) in [6, 6.07) is 2.15. The van der Waals surface area contributed by atoms with Crippen molar-refractivity contribution in [2.24, 2.45) is 11.1 Å². The molecule has 1 fully saturated rings. The van der Waals surface area contributed by atoms with E-state index in [4.69, 9.17) is 5.73 Å². The van der Waals surface area contributed by atoms with Crippen LogP contribution in [0.1, 0.15) is 42.5 Å². The number of thiophene rings is 1. The van der Waals surface area contributed by atoms with Gasteiger partial charge in [0.15, 0.2) is 0 Å². The highest BCUT2D eigenvalue weighted by atomic mass is 32.1. The molecule has 2 heterocycles. The summed E-state index contributed by atoms with van der Waals surface area (Å²) in [5.74, 6) is 0.437. The number of amides is 1. The number of hydrogen-bond donors (Lipinski definition) is 1. The van der Waals surface area contributed by atoms with Gasteiger partial charge in [0.25, 0.3) is 0 Å². The third-order valence-corrected chi connectivity index (χ3v) is 5.71. The van der Waals surface area contributed by atoms with Gasteiger partial charge in [0.05, 0.1) is 5.92 Å². The lowest BCUT2D eigenvalue weighted by molar-refractivity contribution is -0.132. The number of rotatable bonds is 2. The van der Waals surface area contributed by atoms with E-state index in [0.717, 1.165) is 38.8 Å². The molecular weight excluding hydrogens is 256 g/mol. The zero-order valence-corrected chi connectivity index (χ0v) is 12.3. The molecule has 0 spiro atoms. The van der Waals surface area contributed by atoms with E-state index >= 15 is 0 Å². The second kappa shape index (κ2) is 4.91. The zero-order valence-electron chi connectivity index (χ0n) is 11.5. The zero-order chi connectivity index (χ0) is 13.5. The molecule has 1 aromatic heterocycles. The van der Waals surface area contributed by atoms with E-state index in [-0.39, 0.29) is 11.3 Å². The topological polar surface area (TPSA) is 46.3 Å². The molecule has 0 bridgehead atoms. The van der Waals surface area contributed by atoms with Crippen LogP contribution >= 0.6 is 11.3 Å². The maximum absolute atomic E-state index is 12.8. The first kappa shape index (κ1) is 13.1. The average molecular weight is 278 g/mol. The van der Waals surface area contributed by atoms with E-state index in [0.29, 0.717) is 12.5 Å². The molecule has 0 saturated carbocycles. The molecule has 1 aliphatic carbocycles. The van der Waals surface area contributed by atoms with E-state index in [9.17, 15) is 4.79 Å². The maximum Gasteiger partial charge on any atom is 0.230 e. The first-order valence-corrected chi connectivity index (χ1v) is 8.06. The molecule has 1 saturated heterocycles. The van der Waals surface area contributed by atoms with Crippen LogP contribution in [0.2, 0.25) is 0 Å². The van der Waals surface area contributed by atoms with Crippen LogP contribution in [0.5, 0.6) is 0 Å². The van der Waals surface area contributed by atoms with Crippen molar-refractivity contribution in [3.05, 3.63) is 21.9 Å². The molecule has 1 aromatic rings. The van der Waals surface area contributed by atoms with E-state index in [1.807, 2.05) is 4.90 Å². The van der Waals surface area contributed by atoms with E-state index in [1.165, 1.54) is 10.4 Å². The molecule has 2 unspecified atom stereocenters. The van der Waals surface area contributed by atoms with Gasteiger partial charge >= 0.3 is 0 Å². The minimum absolute atomic E-state index is 0.107. The standard InChI is InChI=1S/C15H22N2OS/c1-15(9-16)6-7-17(10-15)14(18)12-3-2-4-13-11(12)5-8-19-13/h5,8,12H,2-4,6-7,9-10,16H2,1H3. The van der Waals surface area contributed by atoms with Crippen molar-refractivity contribution in [1.29, 1.82) is 0 Å². The third kappa shape index (κ3) is 2.32. The van der Waals surface area contributed by atoms with Gasteiger partial charge in [-0.2, -0.15) is 0 Å². The molecule has 1 amide bonds. The first-order chi connectivity index (χ1) is 9.13. The second-order valence-electron chi connectivity index (χ2n) is 6.27. The molecule has 19 heavy (non-hydrogen) atoms. The molecule has 2 N–H and O–H groups in total. The number of likely N-dealkylation sites (tertiary alicyclic amines) is 1. The maximum atomic E-state index is 12.8. The Morgan fingerprint density at radius 3 is 3.21 bits per heavy atom. The van der Waals surface area contributed by atoms with Crippen molar-refractivity contribution >= 4 is 17.2 Å². The van der Waals surface area contributed by atoms with E-state index < -0.39 is 0 Å². The Labute approximate surface area is 118 Å². The molecule has 104 valence electrons. The summed E-state index contributed by atoms with van der Waals surface area (Å²) in [5.41, 5.74) is 7.25. The quantitative estimate of drug-likeness (QED) is 0.902. The monoisotopic (exact) mass is 278 g/mol. The Morgan fingerprint density at radius 1 is 1.63 bits per heavy atom. The summed E-state index contributed by atoms with van der Waals surface area (Å²) in [7, 11) is 0. The Balaban J connectivity index is 1.76. The molecule has 2 aliphatic rings. The fourth-order valence-corrected chi connectivity index (χ4v) is 4.33. The van der Waals surface area contributed by atoms with Crippen LogP contribution in [0.25, 0.3) is 0 Å². The molecule has 3 nitrogen and oxygen atoms in total. The summed E-state index contributed by atoms with van der Waals surface area (Å²) < 4.78 is 0. The molecule has 2 atom stereocenters. The van der Waals surface area contributed by atoms with Crippen molar-refractivity contribution in [1.82, 2.24) is 4.90 Å². The van der Waals surface area contributed by atoms with Crippen LogP contribution < -0.4 is 5.73 Å². The summed E-state index contributed by atoms with van der Waals surface area (Å²) in [4.78, 5) is 16.2. The van der Waals surface area contributed by atoms with Crippen molar-refractivity contribution in [3.63, 3.8) is 0 Å². The lowest BCUT2D eigenvalue weighted by Gasteiger charge is -2.28. The molecule has 0 radical (unpaired) electrons. The average Bonchev–Trinajstić information content (AvgIpc) is 3.04. The van der Waals surface area contributed by atoms with Gasteiger partial charge in [-0.05, 0) is 54.7 Å². The number of fused-ring (bicyclic) bond motifs is 1. The molecular formula is C15H22N2OS. The second-order valence-corrected chi connectivity index (χ2v) is 7.27. The number of aryl methyl sites for hydroxylation is 1. The molecule has 0 aromatic carbocycles. The lowest BCUT2D eigenvalue weighted by Crippen LogP contribution is -2.37. The lowest BCUT2D eigenvalue weighted by atomic mass is 9.86. The highest BCUT2D eigenvalue weighted by Gasteiger charge is 2.38. The predicted molar refractivity (Wildman–Crippen MR) is 78.4 cm³/mol. The molecule has 4 heteroatoms. The van der Waals surface area contributed by atoms with E-state index in [1.54, 1.807) is 11.3 Å². The number of nitrogens with two attached hydrogens (primary N) is 1. The van der Waals surface area contributed by atoms with Gasteiger partial charge in [0.2, 0.25) is 5.91 Å². The summed E-state index contributed by atoms with van der Waals surface area (Å²) in [6.07, 6.45) is 4.35. The Bertz CT molecular complexity index is 484. The highest BCUT2D eigenvalue weighted by molar-refractivity contribution is 7.10. The van der Waals surface area contributed by atoms with Crippen molar-refractivity contribution in [3.8, 4) is 0 Å². The van der Waals surface area contributed by atoms with Gasteiger partial charge in [-0.1, -0.05) is 6.92 Å². The minimum atomic E-state index is 0.107. The largest absolute Gasteiger partial charge is 0.342 e. The van der Waals surface area contributed by atoms with Crippen LogP contribution in [-0.2, 0) is 11.2 Å². The number of hydrogen-bond acceptors (Lipinski definition) is 3. The van der Waals surface area contributed by atoms with Gasteiger partial charge in [0, 0.05) is 18.0 Å². The van der Waals surface area contributed by atoms with Crippen molar-refractivity contribution in [2.45, 2.75) is 38.5 Å².